The Morgan fingerprint density at radius 1 is 1.21 bits per heavy atom. The fourth-order valence-electron chi connectivity index (χ4n) is 1.82. The average molecular weight is 314 g/mol. The van der Waals surface area contributed by atoms with Crippen molar-refractivity contribution in [1.82, 2.24) is 0 Å². The fraction of sp³-hybridized carbons (Fsp3) is 0.500. The minimum atomic E-state index is -4.28. The summed E-state index contributed by atoms with van der Waals surface area (Å²) in [6.45, 7) is 0. The van der Waals surface area contributed by atoms with Gasteiger partial charge in [-0.1, -0.05) is 12.1 Å². The van der Waals surface area contributed by atoms with Gasteiger partial charge in [-0.2, -0.15) is 13.2 Å². The zero-order valence-electron chi connectivity index (χ0n) is 9.93. The number of benzene rings is 1. The molecule has 1 aliphatic rings. The van der Waals surface area contributed by atoms with Crippen molar-refractivity contribution < 1.29 is 18.3 Å². The molecule has 0 radical (unpaired) electrons. The number of thioether (sulfide) groups is 1. The number of halogens is 4. The lowest BCUT2D eigenvalue weighted by atomic mass is 9.99. The maximum Gasteiger partial charge on any atom is 0.446 e. The minimum Gasteiger partial charge on any atom is -0.391 e. The second-order valence-corrected chi connectivity index (χ2v) is 5.61. The third-order valence-corrected chi connectivity index (χ3v) is 3.71. The van der Waals surface area contributed by atoms with Crippen molar-refractivity contribution in [2.75, 3.05) is 0 Å². The Kier molecular flexibility index (Phi) is 5.55. The van der Waals surface area contributed by atoms with Crippen LogP contribution in [0, 0.1) is 5.92 Å². The van der Waals surface area contributed by atoms with Gasteiger partial charge < -0.3 is 10.8 Å². The standard InChI is InChI=1S/C12H14F3NOS.ClH/c13-12(14,15)18-9-5-3-7(4-6-9)10(16)11(17)8-1-2-8;/h3-6,8,10-11,17H,1-2,16H2;1H/t10-,11+;/m1./s1. The van der Waals surface area contributed by atoms with Crippen LogP contribution < -0.4 is 5.73 Å². The summed E-state index contributed by atoms with van der Waals surface area (Å²) < 4.78 is 36.4. The van der Waals surface area contributed by atoms with E-state index in [-0.39, 0.29) is 35.0 Å². The predicted octanol–water partition coefficient (Wildman–Crippen LogP) is 3.49. The Labute approximate surface area is 120 Å². The molecule has 0 amide bonds. The molecule has 0 unspecified atom stereocenters. The van der Waals surface area contributed by atoms with Crippen molar-refractivity contribution in [2.24, 2.45) is 11.7 Å². The summed E-state index contributed by atoms with van der Waals surface area (Å²) in [5.74, 6) is 0.240. The van der Waals surface area contributed by atoms with Crippen LogP contribution in [0.15, 0.2) is 29.2 Å². The summed E-state index contributed by atoms with van der Waals surface area (Å²) in [4.78, 5) is 0.124. The molecule has 108 valence electrons. The van der Waals surface area contributed by atoms with Crippen LogP contribution in [0.5, 0.6) is 0 Å². The lowest BCUT2D eigenvalue weighted by Gasteiger charge is -2.19. The first-order valence-corrected chi connectivity index (χ1v) is 6.48. The third-order valence-electron chi connectivity index (χ3n) is 2.97. The molecule has 2 nitrogen and oxygen atoms in total. The predicted molar refractivity (Wildman–Crippen MR) is 71.3 cm³/mol. The van der Waals surface area contributed by atoms with Gasteiger partial charge in [-0.05, 0) is 48.2 Å². The van der Waals surface area contributed by atoms with E-state index in [1.54, 1.807) is 12.1 Å². The number of nitrogens with two attached hydrogens (primary N) is 1. The summed E-state index contributed by atoms with van der Waals surface area (Å²) in [6, 6.07) is 5.33. The van der Waals surface area contributed by atoms with Crippen molar-refractivity contribution in [2.45, 2.75) is 35.4 Å². The van der Waals surface area contributed by atoms with E-state index in [4.69, 9.17) is 5.73 Å². The van der Waals surface area contributed by atoms with Crippen LogP contribution in [-0.2, 0) is 0 Å². The van der Waals surface area contributed by atoms with Crippen molar-refractivity contribution in [3.8, 4) is 0 Å². The molecule has 3 N–H and O–H groups in total. The van der Waals surface area contributed by atoms with Gasteiger partial charge in [-0.25, -0.2) is 0 Å². The Morgan fingerprint density at radius 3 is 2.16 bits per heavy atom. The summed E-state index contributed by atoms with van der Waals surface area (Å²) in [7, 11) is 0. The Morgan fingerprint density at radius 2 is 1.74 bits per heavy atom. The van der Waals surface area contributed by atoms with Crippen molar-refractivity contribution in [3.63, 3.8) is 0 Å². The molecule has 7 heteroatoms. The molecule has 1 saturated carbocycles. The van der Waals surface area contributed by atoms with Gasteiger partial charge in [0.2, 0.25) is 0 Å². The van der Waals surface area contributed by atoms with Crippen LogP contribution in [0.2, 0.25) is 0 Å². The van der Waals surface area contributed by atoms with Gasteiger partial charge in [-0.3, -0.25) is 0 Å². The van der Waals surface area contributed by atoms with Crippen LogP contribution in [0.4, 0.5) is 13.2 Å². The fourth-order valence-corrected chi connectivity index (χ4v) is 2.36. The first-order chi connectivity index (χ1) is 8.37. The zero-order valence-corrected chi connectivity index (χ0v) is 11.6. The second-order valence-electron chi connectivity index (χ2n) is 4.47. The second kappa shape index (κ2) is 6.35. The van der Waals surface area contributed by atoms with Gasteiger partial charge in [0.05, 0.1) is 12.1 Å². The van der Waals surface area contributed by atoms with E-state index in [1.165, 1.54) is 12.1 Å². The molecule has 0 bridgehead atoms. The highest BCUT2D eigenvalue weighted by Crippen LogP contribution is 2.39. The van der Waals surface area contributed by atoms with Crippen molar-refractivity contribution in [1.29, 1.82) is 0 Å². The van der Waals surface area contributed by atoms with E-state index in [0.29, 0.717) is 5.56 Å². The maximum atomic E-state index is 12.1. The highest BCUT2D eigenvalue weighted by atomic mass is 35.5. The molecule has 0 heterocycles. The first kappa shape index (κ1) is 16.6. The summed E-state index contributed by atoms with van der Waals surface area (Å²) in [6.07, 6.45) is 1.33. The number of aliphatic hydroxyl groups excluding tert-OH is 1. The Balaban J connectivity index is 0.00000180. The summed E-state index contributed by atoms with van der Waals surface area (Å²) in [5.41, 5.74) is 2.26. The van der Waals surface area contributed by atoms with E-state index in [1.807, 2.05) is 0 Å². The highest BCUT2D eigenvalue weighted by molar-refractivity contribution is 8.00. The molecule has 1 aromatic carbocycles. The number of alkyl halides is 3. The molecule has 2 atom stereocenters. The van der Waals surface area contributed by atoms with Gasteiger partial charge in [0, 0.05) is 4.90 Å². The smallest absolute Gasteiger partial charge is 0.391 e. The molecule has 0 spiro atoms. The summed E-state index contributed by atoms with van der Waals surface area (Å²) in [5, 5.41) is 9.86. The first-order valence-electron chi connectivity index (χ1n) is 5.66. The van der Waals surface area contributed by atoms with Crippen LogP contribution >= 0.6 is 24.2 Å². The van der Waals surface area contributed by atoms with Gasteiger partial charge in [-0.15, -0.1) is 12.4 Å². The molecule has 1 aliphatic carbocycles. The van der Waals surface area contributed by atoms with Crippen molar-refractivity contribution >= 4 is 24.2 Å². The maximum absolute atomic E-state index is 12.1. The zero-order chi connectivity index (χ0) is 13.3. The van der Waals surface area contributed by atoms with Gasteiger partial charge in [0.25, 0.3) is 0 Å². The number of hydrogen-bond donors (Lipinski definition) is 2. The van der Waals surface area contributed by atoms with E-state index < -0.39 is 17.7 Å². The Hall–Kier alpha value is -0.430. The molecule has 0 aliphatic heterocycles. The number of hydrogen-bond acceptors (Lipinski definition) is 3. The number of rotatable bonds is 4. The lowest BCUT2D eigenvalue weighted by molar-refractivity contribution is -0.0328. The van der Waals surface area contributed by atoms with Crippen LogP contribution in [0.1, 0.15) is 24.4 Å². The summed E-state index contributed by atoms with van der Waals surface area (Å²) >= 11 is -0.155. The molecular weight excluding hydrogens is 299 g/mol. The van der Waals surface area contributed by atoms with Gasteiger partial charge in [0.15, 0.2) is 0 Å². The quantitative estimate of drug-likeness (QED) is 0.836. The van der Waals surface area contributed by atoms with Crippen LogP contribution in [-0.4, -0.2) is 16.7 Å². The minimum absolute atomic E-state index is 0. The van der Waals surface area contributed by atoms with E-state index >= 15 is 0 Å². The SMILES string of the molecule is Cl.N[C@H](c1ccc(SC(F)(F)F)cc1)[C@@H](O)C1CC1. The molecule has 2 rings (SSSR count). The van der Waals surface area contributed by atoms with Crippen LogP contribution in [0.25, 0.3) is 0 Å². The molecule has 0 saturated heterocycles. The van der Waals surface area contributed by atoms with Crippen molar-refractivity contribution in [3.05, 3.63) is 29.8 Å². The molecule has 0 aromatic heterocycles. The number of aliphatic hydroxyl groups is 1. The van der Waals surface area contributed by atoms with E-state index in [9.17, 15) is 18.3 Å². The lowest BCUT2D eigenvalue weighted by Crippen LogP contribution is -2.27. The molecule has 1 fully saturated rings. The normalized spacial score (nSPS) is 18.6. The van der Waals surface area contributed by atoms with Gasteiger partial charge >= 0.3 is 5.51 Å². The largest absolute Gasteiger partial charge is 0.446 e. The molecule has 1 aromatic rings. The third kappa shape index (κ3) is 4.87. The topological polar surface area (TPSA) is 46.2 Å². The highest BCUT2D eigenvalue weighted by Gasteiger charge is 2.34. The molecule has 19 heavy (non-hydrogen) atoms. The van der Waals surface area contributed by atoms with E-state index in [2.05, 4.69) is 0 Å². The average Bonchev–Trinajstić information content (AvgIpc) is 3.10. The molecular formula is C12H15ClF3NOS. The van der Waals surface area contributed by atoms with E-state index in [0.717, 1.165) is 12.8 Å². The monoisotopic (exact) mass is 313 g/mol. The van der Waals surface area contributed by atoms with Gasteiger partial charge in [0.1, 0.15) is 0 Å². The van der Waals surface area contributed by atoms with Crippen LogP contribution in [0.3, 0.4) is 0 Å². The Bertz CT molecular complexity index is 408.